The fraction of sp³-hybridized carbons (Fsp3) is 0.809. The van der Waals surface area contributed by atoms with E-state index in [-0.39, 0.29) is 19.6 Å². The maximum absolute atomic E-state index is 12.9. The van der Waals surface area contributed by atoms with Gasteiger partial charge >= 0.3 is 16.4 Å². The normalized spacial score (nSPS) is 20.7. The van der Waals surface area contributed by atoms with Gasteiger partial charge in [-0.25, -0.2) is 4.18 Å². The number of allylic oxidation sites excluding steroid dienone is 8. The fourth-order valence-electron chi connectivity index (χ4n) is 6.85. The van der Waals surface area contributed by atoms with Crippen LogP contribution in [0.15, 0.2) is 48.6 Å². The summed E-state index contributed by atoms with van der Waals surface area (Å²) in [7, 11) is -5.07. The zero-order chi connectivity index (χ0) is 43.9. The minimum absolute atomic E-state index is 0.0254. The van der Waals surface area contributed by atoms with Crippen molar-refractivity contribution in [3.63, 3.8) is 0 Å². The summed E-state index contributed by atoms with van der Waals surface area (Å²) in [5.41, 5.74) is 0. The number of aliphatic hydroxyl groups is 3. The minimum atomic E-state index is -5.07. The molecule has 0 aromatic carbocycles. The van der Waals surface area contributed by atoms with E-state index in [0.29, 0.717) is 13.0 Å². The lowest BCUT2D eigenvalue weighted by Crippen LogP contribution is -2.60. The molecule has 12 nitrogen and oxygen atoms in total. The molecular formula is C47H84O12S. The van der Waals surface area contributed by atoms with Gasteiger partial charge in [0.05, 0.1) is 19.8 Å². The third-order valence-electron chi connectivity index (χ3n) is 10.4. The van der Waals surface area contributed by atoms with Crippen molar-refractivity contribution in [3.8, 4) is 0 Å². The van der Waals surface area contributed by atoms with E-state index in [4.69, 9.17) is 23.5 Å². The molecular weight excluding hydrogens is 789 g/mol. The molecule has 1 heterocycles. The van der Waals surface area contributed by atoms with Gasteiger partial charge in [0.25, 0.3) is 0 Å². The molecule has 350 valence electrons. The van der Waals surface area contributed by atoms with Gasteiger partial charge in [0.2, 0.25) is 0 Å². The molecule has 1 aliphatic heterocycles. The first-order valence-electron chi connectivity index (χ1n) is 23.4. The second kappa shape index (κ2) is 38.7. The summed E-state index contributed by atoms with van der Waals surface area (Å²) in [5.74, 6) is -0.415. The fourth-order valence-corrected chi connectivity index (χ4v) is 7.36. The van der Waals surface area contributed by atoms with E-state index < -0.39 is 59.8 Å². The van der Waals surface area contributed by atoms with E-state index >= 15 is 0 Å². The summed E-state index contributed by atoms with van der Waals surface area (Å²) < 4.78 is 59.1. The third-order valence-corrected chi connectivity index (χ3v) is 10.9. The Hall–Kier alpha value is -1.94. The first kappa shape index (κ1) is 56.1. The van der Waals surface area contributed by atoms with Crippen LogP contribution in [0.2, 0.25) is 0 Å². The second-order valence-electron chi connectivity index (χ2n) is 16.0. The highest BCUT2D eigenvalue weighted by atomic mass is 32.3. The van der Waals surface area contributed by atoms with Crippen LogP contribution in [-0.4, -0.2) is 97.5 Å². The first-order chi connectivity index (χ1) is 29.1. The molecule has 1 fully saturated rings. The average molecular weight is 873 g/mol. The molecule has 0 aliphatic carbocycles. The van der Waals surface area contributed by atoms with Crippen LogP contribution in [0.3, 0.4) is 0 Å². The molecule has 0 amide bonds. The Bertz CT molecular complexity index is 1240. The number of esters is 1. The van der Waals surface area contributed by atoms with E-state index in [9.17, 15) is 28.5 Å². The molecule has 60 heavy (non-hydrogen) atoms. The van der Waals surface area contributed by atoms with Crippen LogP contribution in [0, 0.1) is 0 Å². The van der Waals surface area contributed by atoms with Gasteiger partial charge in [-0.05, 0) is 77.0 Å². The summed E-state index contributed by atoms with van der Waals surface area (Å²) in [4.78, 5) is 12.9. The molecule has 0 aromatic rings. The molecule has 0 aromatic heterocycles. The van der Waals surface area contributed by atoms with Crippen molar-refractivity contribution in [1.29, 1.82) is 0 Å². The monoisotopic (exact) mass is 873 g/mol. The Labute approximate surface area is 364 Å². The van der Waals surface area contributed by atoms with Crippen molar-refractivity contribution in [3.05, 3.63) is 48.6 Å². The molecule has 0 bridgehead atoms. The zero-order valence-corrected chi connectivity index (χ0v) is 38.1. The molecule has 0 saturated carbocycles. The van der Waals surface area contributed by atoms with E-state index in [1.54, 1.807) is 0 Å². The summed E-state index contributed by atoms with van der Waals surface area (Å²) >= 11 is 0. The quantitative estimate of drug-likeness (QED) is 0.0199. The van der Waals surface area contributed by atoms with Gasteiger partial charge in [0.1, 0.15) is 30.5 Å². The van der Waals surface area contributed by atoms with Crippen LogP contribution in [0.25, 0.3) is 0 Å². The van der Waals surface area contributed by atoms with Gasteiger partial charge in [-0.2, -0.15) is 8.42 Å². The van der Waals surface area contributed by atoms with Crippen LogP contribution in [0.5, 0.6) is 0 Å². The number of hydrogen-bond donors (Lipinski definition) is 4. The lowest BCUT2D eigenvalue weighted by atomic mass is 9.99. The van der Waals surface area contributed by atoms with Gasteiger partial charge in [0.15, 0.2) is 6.29 Å². The summed E-state index contributed by atoms with van der Waals surface area (Å²) in [6, 6.07) is 0. The van der Waals surface area contributed by atoms with Gasteiger partial charge < -0.3 is 34.3 Å². The molecule has 1 aliphatic rings. The maximum Gasteiger partial charge on any atom is 0.397 e. The first-order valence-corrected chi connectivity index (χ1v) is 24.8. The Kier molecular flexibility index (Phi) is 36.2. The van der Waals surface area contributed by atoms with Crippen LogP contribution >= 0.6 is 0 Å². The third kappa shape index (κ3) is 31.8. The van der Waals surface area contributed by atoms with Crippen molar-refractivity contribution in [2.75, 3.05) is 26.4 Å². The zero-order valence-electron chi connectivity index (χ0n) is 37.3. The van der Waals surface area contributed by atoms with Crippen molar-refractivity contribution in [1.82, 2.24) is 0 Å². The van der Waals surface area contributed by atoms with Crippen LogP contribution < -0.4 is 0 Å². The standard InChI is InChI=1S/C47H84O12S/c1-3-5-7-9-11-13-15-17-19-20-21-22-23-24-26-28-30-32-34-36-43(49)57-41(39-55-37-35-33-31-29-27-25-18-16-14-12-10-8-6-4-2)40-56-47-45(51)46(59-60(52,53)54)44(50)42(38-48)58-47/h11,13-14,16-17,19,21-22,41-42,44-48,50-51H,3-10,12,15,18,20,23-40H2,1-2H3,(H,52,53,54)/b13-11-,16-14-,19-17-,22-21-. The summed E-state index contributed by atoms with van der Waals surface area (Å²) in [6.45, 7) is 3.91. The highest BCUT2D eigenvalue weighted by Gasteiger charge is 2.48. The Morgan fingerprint density at radius 3 is 1.65 bits per heavy atom. The molecule has 1 saturated heterocycles. The Morgan fingerprint density at radius 2 is 1.10 bits per heavy atom. The van der Waals surface area contributed by atoms with Crippen LogP contribution in [0.4, 0.5) is 0 Å². The van der Waals surface area contributed by atoms with E-state index in [1.165, 1.54) is 77.0 Å². The second-order valence-corrected chi connectivity index (χ2v) is 17.0. The number of unbranched alkanes of at least 4 members (excludes halogenated alkanes) is 19. The van der Waals surface area contributed by atoms with Crippen molar-refractivity contribution < 1.29 is 56.2 Å². The van der Waals surface area contributed by atoms with Gasteiger partial charge in [-0.1, -0.05) is 146 Å². The van der Waals surface area contributed by atoms with Gasteiger partial charge in [-0.15, -0.1) is 0 Å². The van der Waals surface area contributed by atoms with Crippen molar-refractivity contribution >= 4 is 16.4 Å². The number of carbonyl (C=O) groups is 1. The average Bonchev–Trinajstić information content (AvgIpc) is 3.22. The number of rotatable bonds is 40. The summed E-state index contributed by atoms with van der Waals surface area (Å²) in [5, 5.41) is 30.7. The van der Waals surface area contributed by atoms with E-state index in [2.05, 4.69) is 66.6 Å². The molecule has 1 rings (SSSR count). The van der Waals surface area contributed by atoms with Crippen LogP contribution in [0.1, 0.15) is 181 Å². The molecule has 0 radical (unpaired) electrons. The minimum Gasteiger partial charge on any atom is -0.457 e. The lowest BCUT2D eigenvalue weighted by Gasteiger charge is -2.41. The van der Waals surface area contributed by atoms with Crippen LogP contribution in [-0.2, 0) is 38.3 Å². The van der Waals surface area contributed by atoms with E-state index in [1.807, 2.05) is 0 Å². The Balaban J connectivity index is 2.43. The highest BCUT2D eigenvalue weighted by molar-refractivity contribution is 7.80. The highest BCUT2D eigenvalue weighted by Crippen LogP contribution is 2.26. The summed E-state index contributed by atoms with van der Waals surface area (Å²) in [6.07, 6.45) is 37.1. The molecule has 13 heteroatoms. The van der Waals surface area contributed by atoms with Gasteiger partial charge in [-0.3, -0.25) is 9.35 Å². The predicted octanol–water partition coefficient (Wildman–Crippen LogP) is 9.97. The topological polar surface area (TPSA) is 178 Å². The number of carbonyl (C=O) groups excluding carboxylic acids is 1. The largest absolute Gasteiger partial charge is 0.457 e. The number of aliphatic hydroxyl groups excluding tert-OH is 3. The van der Waals surface area contributed by atoms with Gasteiger partial charge in [0, 0.05) is 13.0 Å². The predicted molar refractivity (Wildman–Crippen MR) is 239 cm³/mol. The lowest BCUT2D eigenvalue weighted by molar-refractivity contribution is -0.301. The SMILES string of the molecule is CCCCC/C=C\C/C=C\C/C=C\CCCCCCCCC(=O)OC(COCCCCCCCC/C=C\CCCCCC)COC1OC(CO)C(O)C(OS(=O)(=O)O)C1O. The molecule has 6 atom stereocenters. The smallest absolute Gasteiger partial charge is 0.397 e. The van der Waals surface area contributed by atoms with Crippen molar-refractivity contribution in [2.45, 2.75) is 218 Å². The molecule has 6 unspecified atom stereocenters. The van der Waals surface area contributed by atoms with Crippen molar-refractivity contribution in [2.24, 2.45) is 0 Å². The molecule has 0 spiro atoms. The maximum atomic E-state index is 12.9. The number of ether oxygens (including phenoxy) is 4. The Morgan fingerprint density at radius 1 is 0.633 bits per heavy atom. The van der Waals surface area contributed by atoms with E-state index in [0.717, 1.165) is 77.0 Å². The number of hydrogen-bond acceptors (Lipinski definition) is 11. The molecule has 4 N–H and O–H groups in total.